The standard InChI is InChI=1S/C50H96O6/c1-4-7-10-13-16-18-20-22-24-25-26-28-29-31-34-37-40-43-49(52)55-46-47(45-54-48(51)42-39-36-33-15-12-9-6-3)56-50(53)44-41-38-35-32-30-27-23-21-19-17-14-11-8-5-2/h47H,4-46H2,1-3H3/t47-/m1/s1. The summed E-state index contributed by atoms with van der Waals surface area (Å²) in [4.78, 5) is 37.7. The highest BCUT2D eigenvalue weighted by atomic mass is 16.6. The number of rotatable bonds is 46. The van der Waals surface area contributed by atoms with Crippen LogP contribution in [0.2, 0.25) is 0 Å². The van der Waals surface area contributed by atoms with E-state index in [1.807, 2.05) is 0 Å². The fourth-order valence-corrected chi connectivity index (χ4v) is 7.56. The van der Waals surface area contributed by atoms with Crippen molar-refractivity contribution in [3.8, 4) is 0 Å². The molecule has 0 aromatic rings. The minimum absolute atomic E-state index is 0.0625. The number of hydrogen-bond acceptors (Lipinski definition) is 6. The largest absolute Gasteiger partial charge is 0.462 e. The summed E-state index contributed by atoms with van der Waals surface area (Å²) in [7, 11) is 0. The zero-order chi connectivity index (χ0) is 40.8. The van der Waals surface area contributed by atoms with Crippen molar-refractivity contribution in [1.29, 1.82) is 0 Å². The van der Waals surface area contributed by atoms with Crippen LogP contribution >= 0.6 is 0 Å². The summed E-state index contributed by atoms with van der Waals surface area (Å²) in [6, 6.07) is 0. The summed E-state index contributed by atoms with van der Waals surface area (Å²) in [5, 5.41) is 0. The average Bonchev–Trinajstić information content (AvgIpc) is 3.19. The molecule has 0 aromatic carbocycles. The van der Waals surface area contributed by atoms with E-state index in [0.717, 1.165) is 57.8 Å². The molecule has 0 saturated heterocycles. The summed E-state index contributed by atoms with van der Waals surface area (Å²) in [6.45, 7) is 6.64. The molecular weight excluding hydrogens is 697 g/mol. The van der Waals surface area contributed by atoms with Gasteiger partial charge in [0.05, 0.1) is 0 Å². The Morgan fingerprint density at radius 2 is 0.482 bits per heavy atom. The van der Waals surface area contributed by atoms with E-state index < -0.39 is 6.10 Å². The Morgan fingerprint density at radius 1 is 0.286 bits per heavy atom. The molecule has 0 aliphatic carbocycles. The maximum Gasteiger partial charge on any atom is 0.306 e. The third-order valence-electron chi connectivity index (χ3n) is 11.4. The van der Waals surface area contributed by atoms with Crippen LogP contribution in [0.15, 0.2) is 0 Å². The Labute approximate surface area is 348 Å². The van der Waals surface area contributed by atoms with E-state index in [1.165, 1.54) is 186 Å². The Kier molecular flexibility index (Phi) is 44.8. The smallest absolute Gasteiger partial charge is 0.306 e. The van der Waals surface area contributed by atoms with Gasteiger partial charge in [-0.15, -0.1) is 0 Å². The fourth-order valence-electron chi connectivity index (χ4n) is 7.56. The minimum Gasteiger partial charge on any atom is -0.462 e. The van der Waals surface area contributed by atoms with Gasteiger partial charge in [0.15, 0.2) is 6.10 Å². The van der Waals surface area contributed by atoms with Crippen molar-refractivity contribution < 1.29 is 28.6 Å². The van der Waals surface area contributed by atoms with Gasteiger partial charge in [0.1, 0.15) is 13.2 Å². The van der Waals surface area contributed by atoms with Crippen LogP contribution in [0.25, 0.3) is 0 Å². The predicted octanol–water partition coefficient (Wildman–Crippen LogP) is 16.0. The van der Waals surface area contributed by atoms with Gasteiger partial charge >= 0.3 is 17.9 Å². The van der Waals surface area contributed by atoms with E-state index in [-0.39, 0.29) is 31.1 Å². The first kappa shape index (κ1) is 54.4. The molecule has 0 spiro atoms. The van der Waals surface area contributed by atoms with Crippen LogP contribution in [0.4, 0.5) is 0 Å². The van der Waals surface area contributed by atoms with E-state index in [0.29, 0.717) is 19.3 Å². The summed E-state index contributed by atoms with van der Waals surface area (Å²) in [5.74, 6) is -0.851. The van der Waals surface area contributed by atoms with Gasteiger partial charge in [-0.1, -0.05) is 245 Å². The second-order valence-corrected chi connectivity index (χ2v) is 17.1. The van der Waals surface area contributed by atoms with Crippen LogP contribution < -0.4 is 0 Å². The zero-order valence-corrected chi connectivity index (χ0v) is 37.9. The lowest BCUT2D eigenvalue weighted by Crippen LogP contribution is -2.30. The Bertz CT molecular complexity index is 828. The first-order valence-electron chi connectivity index (χ1n) is 25.0. The molecule has 0 saturated carbocycles. The van der Waals surface area contributed by atoms with Gasteiger partial charge in [-0.05, 0) is 19.3 Å². The van der Waals surface area contributed by atoms with E-state index >= 15 is 0 Å². The molecule has 0 rings (SSSR count). The molecule has 0 fully saturated rings. The quantitative estimate of drug-likeness (QED) is 0.0347. The fraction of sp³-hybridized carbons (Fsp3) is 0.940. The number of ether oxygens (including phenoxy) is 3. The van der Waals surface area contributed by atoms with Crippen LogP contribution in [-0.4, -0.2) is 37.2 Å². The first-order valence-corrected chi connectivity index (χ1v) is 25.0. The average molecular weight is 793 g/mol. The molecule has 6 nitrogen and oxygen atoms in total. The predicted molar refractivity (Wildman–Crippen MR) is 238 cm³/mol. The van der Waals surface area contributed by atoms with Crippen LogP contribution in [0.5, 0.6) is 0 Å². The molecule has 56 heavy (non-hydrogen) atoms. The first-order chi connectivity index (χ1) is 27.5. The maximum absolute atomic E-state index is 12.7. The lowest BCUT2D eigenvalue weighted by atomic mass is 10.0. The van der Waals surface area contributed by atoms with Crippen LogP contribution in [0.3, 0.4) is 0 Å². The van der Waals surface area contributed by atoms with Gasteiger partial charge in [-0.3, -0.25) is 14.4 Å². The molecule has 0 unspecified atom stereocenters. The van der Waals surface area contributed by atoms with Crippen molar-refractivity contribution >= 4 is 17.9 Å². The van der Waals surface area contributed by atoms with Gasteiger partial charge in [0, 0.05) is 19.3 Å². The van der Waals surface area contributed by atoms with Crippen molar-refractivity contribution in [2.75, 3.05) is 13.2 Å². The van der Waals surface area contributed by atoms with Crippen LogP contribution in [0.1, 0.15) is 284 Å². The third kappa shape index (κ3) is 43.5. The van der Waals surface area contributed by atoms with Crippen molar-refractivity contribution in [3.05, 3.63) is 0 Å². The molecule has 332 valence electrons. The second kappa shape index (κ2) is 46.1. The Balaban J connectivity index is 4.20. The number of unbranched alkanes of at least 4 members (excludes halogenated alkanes) is 35. The Hall–Kier alpha value is -1.59. The normalized spacial score (nSPS) is 11.8. The number of carbonyl (C=O) groups excluding carboxylic acids is 3. The van der Waals surface area contributed by atoms with E-state index in [9.17, 15) is 14.4 Å². The van der Waals surface area contributed by atoms with Crippen LogP contribution in [-0.2, 0) is 28.6 Å². The van der Waals surface area contributed by atoms with E-state index in [1.54, 1.807) is 0 Å². The third-order valence-corrected chi connectivity index (χ3v) is 11.4. The molecule has 0 aliphatic rings. The monoisotopic (exact) mass is 793 g/mol. The minimum atomic E-state index is -0.758. The van der Waals surface area contributed by atoms with Gasteiger partial charge in [-0.2, -0.15) is 0 Å². The number of carbonyl (C=O) groups is 3. The summed E-state index contributed by atoms with van der Waals surface area (Å²) < 4.78 is 16.7. The summed E-state index contributed by atoms with van der Waals surface area (Å²) >= 11 is 0. The van der Waals surface area contributed by atoms with E-state index in [4.69, 9.17) is 14.2 Å². The Morgan fingerprint density at radius 3 is 0.714 bits per heavy atom. The summed E-state index contributed by atoms with van der Waals surface area (Å²) in [5.41, 5.74) is 0. The van der Waals surface area contributed by atoms with Gasteiger partial charge in [-0.25, -0.2) is 0 Å². The van der Waals surface area contributed by atoms with Crippen molar-refractivity contribution in [3.63, 3.8) is 0 Å². The van der Waals surface area contributed by atoms with Crippen LogP contribution in [0, 0.1) is 0 Å². The van der Waals surface area contributed by atoms with Crippen molar-refractivity contribution in [2.24, 2.45) is 0 Å². The topological polar surface area (TPSA) is 78.9 Å². The van der Waals surface area contributed by atoms with Crippen molar-refractivity contribution in [2.45, 2.75) is 290 Å². The molecule has 1 atom stereocenters. The maximum atomic E-state index is 12.7. The lowest BCUT2D eigenvalue weighted by Gasteiger charge is -2.18. The highest BCUT2D eigenvalue weighted by Gasteiger charge is 2.19. The number of hydrogen-bond donors (Lipinski definition) is 0. The van der Waals surface area contributed by atoms with Gasteiger partial charge < -0.3 is 14.2 Å². The van der Waals surface area contributed by atoms with E-state index in [2.05, 4.69) is 20.8 Å². The molecule has 0 N–H and O–H groups in total. The van der Waals surface area contributed by atoms with Gasteiger partial charge in [0.2, 0.25) is 0 Å². The molecule has 0 amide bonds. The molecule has 0 bridgehead atoms. The molecule has 0 aliphatic heterocycles. The SMILES string of the molecule is CCCCCCCCCCCCCCCCCCCC(=O)OC[C@@H](COC(=O)CCCCCCCCC)OC(=O)CCCCCCCCCCCCCCCC. The molecule has 0 aromatic heterocycles. The van der Waals surface area contributed by atoms with Crippen molar-refractivity contribution in [1.82, 2.24) is 0 Å². The molecule has 0 heterocycles. The highest BCUT2D eigenvalue weighted by Crippen LogP contribution is 2.16. The molecule has 6 heteroatoms. The summed E-state index contributed by atoms with van der Waals surface area (Å²) in [6.07, 6.45) is 48.1. The lowest BCUT2D eigenvalue weighted by molar-refractivity contribution is -0.167. The zero-order valence-electron chi connectivity index (χ0n) is 37.9. The number of esters is 3. The highest BCUT2D eigenvalue weighted by molar-refractivity contribution is 5.71. The molecular formula is C50H96O6. The van der Waals surface area contributed by atoms with Gasteiger partial charge in [0.25, 0.3) is 0 Å². The molecule has 0 radical (unpaired) electrons. The second-order valence-electron chi connectivity index (χ2n) is 17.1.